The van der Waals surface area contributed by atoms with E-state index in [1.807, 2.05) is 20.0 Å². The van der Waals surface area contributed by atoms with E-state index in [-0.39, 0.29) is 0 Å². The van der Waals surface area contributed by atoms with Crippen LogP contribution in [0.2, 0.25) is 0 Å². The number of piperazine rings is 1. The van der Waals surface area contributed by atoms with Crippen LogP contribution < -0.4 is 5.32 Å². The molecule has 1 aromatic heterocycles. The van der Waals surface area contributed by atoms with Crippen molar-refractivity contribution in [3.05, 3.63) is 53.4 Å². The highest BCUT2D eigenvalue weighted by molar-refractivity contribution is 5.80. The van der Waals surface area contributed by atoms with Crippen molar-refractivity contribution < 1.29 is 4.52 Å². The van der Waals surface area contributed by atoms with Crippen molar-refractivity contribution in [2.24, 2.45) is 4.99 Å². The van der Waals surface area contributed by atoms with Crippen LogP contribution in [-0.2, 0) is 13.1 Å². The Hall–Kier alpha value is -2.38. The molecule has 0 radical (unpaired) electrons. The Bertz CT molecular complexity index is 812. The van der Waals surface area contributed by atoms with Crippen LogP contribution in [0.15, 0.2) is 45.9 Å². The van der Waals surface area contributed by atoms with Gasteiger partial charge in [0.15, 0.2) is 5.96 Å². The van der Waals surface area contributed by atoms with Gasteiger partial charge >= 0.3 is 0 Å². The molecule has 2 aliphatic rings. The minimum Gasteiger partial charge on any atom is -0.361 e. The first kappa shape index (κ1) is 20.9. The molecule has 0 spiro atoms. The molecule has 1 aromatic carbocycles. The van der Waals surface area contributed by atoms with E-state index in [1.165, 1.54) is 24.9 Å². The smallest absolute Gasteiger partial charge is 0.193 e. The summed E-state index contributed by atoms with van der Waals surface area (Å²) in [5, 5.41) is 7.77. The monoisotopic (exact) mass is 410 g/mol. The Morgan fingerprint density at radius 3 is 2.63 bits per heavy atom. The predicted molar refractivity (Wildman–Crippen MR) is 119 cm³/mol. The van der Waals surface area contributed by atoms with Gasteiger partial charge in [-0.15, -0.1) is 0 Å². The molecule has 0 bridgehead atoms. The molecule has 2 saturated heterocycles. The number of nitrogens with one attached hydrogen (secondary N) is 1. The van der Waals surface area contributed by atoms with Crippen LogP contribution in [-0.4, -0.2) is 78.2 Å². The molecule has 1 N–H and O–H groups in total. The topological polar surface area (TPSA) is 60.1 Å². The summed E-state index contributed by atoms with van der Waals surface area (Å²) < 4.78 is 5.19. The molecule has 1 atom stereocenters. The maximum absolute atomic E-state index is 5.19. The lowest BCUT2D eigenvalue weighted by Crippen LogP contribution is -2.53. The Morgan fingerprint density at radius 2 is 1.93 bits per heavy atom. The van der Waals surface area contributed by atoms with Crippen LogP contribution in [0.25, 0.3) is 0 Å². The van der Waals surface area contributed by atoms with Gasteiger partial charge in [-0.3, -0.25) is 14.8 Å². The summed E-state index contributed by atoms with van der Waals surface area (Å²) in [5.41, 5.74) is 2.41. The zero-order valence-electron chi connectivity index (χ0n) is 18.3. The quantitative estimate of drug-likeness (QED) is 0.583. The van der Waals surface area contributed by atoms with Crippen LogP contribution in [0, 0.1) is 6.92 Å². The molecule has 4 rings (SSSR count). The minimum atomic E-state index is 0.568. The summed E-state index contributed by atoms with van der Waals surface area (Å²) in [4.78, 5) is 12.0. The first-order valence-electron chi connectivity index (χ1n) is 11.1. The van der Waals surface area contributed by atoms with Crippen LogP contribution in [0.4, 0.5) is 0 Å². The van der Waals surface area contributed by atoms with Crippen LogP contribution in [0.5, 0.6) is 0 Å². The predicted octanol–water partition coefficient (Wildman–Crippen LogP) is 2.34. The SMILES string of the molecule is CN=C(NCC1CCCN1Cc1ccccc1)N1CCN(Cc2cc(C)on2)CC1. The van der Waals surface area contributed by atoms with Crippen LogP contribution in [0.3, 0.4) is 0 Å². The van der Waals surface area contributed by atoms with Gasteiger partial charge in [0, 0.05) is 65.0 Å². The average Bonchev–Trinajstić information content (AvgIpc) is 3.39. The molecule has 2 aromatic rings. The van der Waals surface area contributed by atoms with Gasteiger partial charge in [-0.05, 0) is 31.9 Å². The van der Waals surface area contributed by atoms with Gasteiger partial charge in [0.25, 0.3) is 0 Å². The standard InChI is InChI=1S/C23H34N6O/c1-19-15-21(26-30-19)18-27-11-13-28(14-12-27)23(24-2)25-16-22-9-6-10-29(22)17-20-7-4-3-5-8-20/h3-5,7-8,15,22H,6,9-14,16-18H2,1-2H3,(H,24,25). The lowest BCUT2D eigenvalue weighted by Gasteiger charge is -2.36. The number of nitrogens with zero attached hydrogens (tertiary/aromatic N) is 5. The van der Waals surface area contributed by atoms with Gasteiger partial charge in [0.1, 0.15) is 5.76 Å². The highest BCUT2D eigenvalue weighted by Crippen LogP contribution is 2.19. The van der Waals surface area contributed by atoms with E-state index in [2.05, 4.69) is 60.5 Å². The number of aliphatic imine (C=N–C) groups is 1. The third kappa shape index (κ3) is 5.40. The number of aromatic nitrogens is 1. The number of aryl methyl sites for hydroxylation is 1. The molecule has 0 saturated carbocycles. The molecule has 3 heterocycles. The van der Waals surface area contributed by atoms with E-state index < -0.39 is 0 Å². The summed E-state index contributed by atoms with van der Waals surface area (Å²) in [6.07, 6.45) is 2.53. The highest BCUT2D eigenvalue weighted by Gasteiger charge is 2.26. The molecule has 2 fully saturated rings. The lowest BCUT2D eigenvalue weighted by molar-refractivity contribution is 0.167. The fourth-order valence-corrected chi connectivity index (χ4v) is 4.53. The number of likely N-dealkylation sites (tertiary alicyclic amines) is 1. The van der Waals surface area contributed by atoms with Gasteiger partial charge in [-0.1, -0.05) is 35.5 Å². The van der Waals surface area contributed by atoms with E-state index in [0.29, 0.717) is 6.04 Å². The second-order valence-corrected chi connectivity index (χ2v) is 8.37. The summed E-state index contributed by atoms with van der Waals surface area (Å²) in [6, 6.07) is 13.4. The lowest BCUT2D eigenvalue weighted by atomic mass is 10.2. The fraction of sp³-hybridized carbons (Fsp3) is 0.565. The van der Waals surface area contributed by atoms with Gasteiger partial charge < -0.3 is 14.7 Å². The van der Waals surface area contributed by atoms with Gasteiger partial charge in [-0.25, -0.2) is 0 Å². The number of hydrogen-bond donors (Lipinski definition) is 1. The molecular formula is C23H34N6O. The van der Waals surface area contributed by atoms with E-state index in [9.17, 15) is 0 Å². The summed E-state index contributed by atoms with van der Waals surface area (Å²) in [5.74, 6) is 1.90. The maximum Gasteiger partial charge on any atom is 0.193 e. The summed E-state index contributed by atoms with van der Waals surface area (Å²) in [6.45, 7) is 9.95. The second-order valence-electron chi connectivity index (χ2n) is 8.37. The van der Waals surface area contributed by atoms with Crippen molar-refractivity contribution in [2.75, 3.05) is 46.3 Å². The Labute approximate surface area is 179 Å². The molecule has 7 nitrogen and oxygen atoms in total. The summed E-state index contributed by atoms with van der Waals surface area (Å²) >= 11 is 0. The van der Waals surface area contributed by atoms with E-state index in [1.54, 1.807) is 0 Å². The third-order valence-corrected chi connectivity index (χ3v) is 6.17. The van der Waals surface area contributed by atoms with Crippen molar-refractivity contribution in [3.8, 4) is 0 Å². The van der Waals surface area contributed by atoms with E-state index in [4.69, 9.17) is 4.52 Å². The third-order valence-electron chi connectivity index (χ3n) is 6.17. The fourth-order valence-electron chi connectivity index (χ4n) is 4.53. The van der Waals surface area contributed by atoms with Gasteiger partial charge in [0.2, 0.25) is 0 Å². The second kappa shape index (κ2) is 10.1. The maximum atomic E-state index is 5.19. The Morgan fingerprint density at radius 1 is 1.13 bits per heavy atom. The number of rotatable bonds is 6. The largest absolute Gasteiger partial charge is 0.361 e. The van der Waals surface area contributed by atoms with Crippen molar-refractivity contribution in [3.63, 3.8) is 0 Å². The minimum absolute atomic E-state index is 0.568. The molecule has 30 heavy (non-hydrogen) atoms. The van der Waals surface area contributed by atoms with E-state index >= 15 is 0 Å². The van der Waals surface area contributed by atoms with Crippen molar-refractivity contribution in [1.29, 1.82) is 0 Å². The van der Waals surface area contributed by atoms with Gasteiger partial charge in [0.05, 0.1) is 5.69 Å². The summed E-state index contributed by atoms with van der Waals surface area (Å²) in [7, 11) is 1.89. The molecular weight excluding hydrogens is 376 g/mol. The molecule has 0 aliphatic carbocycles. The van der Waals surface area contributed by atoms with Gasteiger partial charge in [-0.2, -0.15) is 0 Å². The highest BCUT2D eigenvalue weighted by atomic mass is 16.5. The number of benzene rings is 1. The first-order valence-corrected chi connectivity index (χ1v) is 11.1. The van der Waals surface area contributed by atoms with Crippen molar-refractivity contribution in [1.82, 2.24) is 25.2 Å². The number of guanidine groups is 1. The molecule has 162 valence electrons. The zero-order valence-corrected chi connectivity index (χ0v) is 18.3. The molecule has 2 aliphatic heterocycles. The zero-order chi connectivity index (χ0) is 20.8. The number of hydrogen-bond acceptors (Lipinski definition) is 5. The van der Waals surface area contributed by atoms with Crippen LogP contribution >= 0.6 is 0 Å². The van der Waals surface area contributed by atoms with E-state index in [0.717, 1.165) is 63.2 Å². The van der Waals surface area contributed by atoms with Crippen molar-refractivity contribution in [2.45, 2.75) is 38.9 Å². The van der Waals surface area contributed by atoms with Crippen molar-refractivity contribution >= 4 is 5.96 Å². The molecule has 7 heteroatoms. The average molecular weight is 411 g/mol. The Balaban J connectivity index is 1.24. The normalized spacial score (nSPS) is 21.3. The van der Waals surface area contributed by atoms with Crippen LogP contribution in [0.1, 0.15) is 29.9 Å². The molecule has 1 unspecified atom stereocenters. The molecule has 0 amide bonds. The Kier molecular flexibility index (Phi) is 7.02. The first-order chi connectivity index (χ1) is 14.7.